The number of esters is 1. The van der Waals surface area contributed by atoms with Gasteiger partial charge in [-0.05, 0) is 46.1 Å². The summed E-state index contributed by atoms with van der Waals surface area (Å²) < 4.78 is 5.74. The molecule has 6 nitrogen and oxygen atoms in total. The highest BCUT2D eigenvalue weighted by Crippen LogP contribution is 2.32. The van der Waals surface area contributed by atoms with E-state index in [0.29, 0.717) is 21.5 Å². The molecule has 27 heavy (non-hydrogen) atoms. The molecule has 1 heterocycles. The number of nitrogens with zero attached hydrogens (tertiary/aromatic N) is 1. The van der Waals surface area contributed by atoms with E-state index >= 15 is 0 Å². The van der Waals surface area contributed by atoms with Crippen LogP contribution >= 0.6 is 27.5 Å². The zero-order chi connectivity index (χ0) is 19.6. The lowest BCUT2D eigenvalue weighted by molar-refractivity contribution is -0.141. The van der Waals surface area contributed by atoms with E-state index in [1.54, 1.807) is 43.3 Å². The molecule has 0 spiro atoms. The molecule has 0 aliphatic carbocycles. The highest BCUT2D eigenvalue weighted by Gasteiger charge is 2.51. The number of amides is 3. The van der Waals surface area contributed by atoms with Crippen LogP contribution in [-0.2, 0) is 15.1 Å². The van der Waals surface area contributed by atoms with Crippen molar-refractivity contribution in [3.05, 3.63) is 63.6 Å². The van der Waals surface area contributed by atoms with Crippen molar-refractivity contribution in [3.8, 4) is 5.75 Å². The van der Waals surface area contributed by atoms with Crippen molar-refractivity contribution in [2.24, 2.45) is 0 Å². The summed E-state index contributed by atoms with van der Waals surface area (Å²) in [5.74, 6) is -0.962. The zero-order valence-corrected chi connectivity index (χ0v) is 16.7. The van der Waals surface area contributed by atoms with Crippen LogP contribution in [0.15, 0.2) is 53.0 Å². The Bertz CT molecular complexity index is 906. The maximum atomic E-state index is 13.0. The number of ether oxygens (including phenoxy) is 1. The molecule has 1 unspecified atom stereocenters. The van der Waals surface area contributed by atoms with E-state index in [-0.39, 0.29) is 5.75 Å². The highest BCUT2D eigenvalue weighted by molar-refractivity contribution is 9.10. The number of imide groups is 1. The molecule has 1 saturated heterocycles. The van der Waals surface area contributed by atoms with Crippen molar-refractivity contribution in [1.29, 1.82) is 0 Å². The van der Waals surface area contributed by atoms with Crippen LogP contribution in [0.4, 0.5) is 4.79 Å². The molecular weight excluding hydrogens is 436 g/mol. The van der Waals surface area contributed by atoms with Gasteiger partial charge in [-0.1, -0.05) is 48.9 Å². The number of urea groups is 1. The van der Waals surface area contributed by atoms with Gasteiger partial charge in [0.05, 0.1) is 4.47 Å². The van der Waals surface area contributed by atoms with Crippen LogP contribution in [-0.4, -0.2) is 29.4 Å². The first-order valence-electron chi connectivity index (χ1n) is 8.22. The first-order valence-corrected chi connectivity index (χ1v) is 9.40. The van der Waals surface area contributed by atoms with Gasteiger partial charge in [-0.3, -0.25) is 9.69 Å². The molecule has 2 aromatic rings. The largest absolute Gasteiger partial charge is 0.424 e. The Labute approximate surface area is 169 Å². The summed E-state index contributed by atoms with van der Waals surface area (Å²) in [7, 11) is 0. The second kappa shape index (κ2) is 7.70. The Hall–Kier alpha value is -2.38. The number of benzene rings is 2. The maximum absolute atomic E-state index is 13.0. The number of nitrogens with one attached hydrogen (secondary N) is 1. The molecule has 8 heteroatoms. The van der Waals surface area contributed by atoms with Gasteiger partial charge in [0.2, 0.25) is 0 Å². The van der Waals surface area contributed by atoms with Crippen LogP contribution in [0.2, 0.25) is 5.02 Å². The first-order chi connectivity index (χ1) is 12.9. The van der Waals surface area contributed by atoms with E-state index in [2.05, 4.69) is 21.2 Å². The fourth-order valence-corrected chi connectivity index (χ4v) is 3.74. The van der Waals surface area contributed by atoms with Gasteiger partial charge in [0.25, 0.3) is 5.91 Å². The van der Waals surface area contributed by atoms with Gasteiger partial charge in [-0.25, -0.2) is 9.59 Å². The quantitative estimate of drug-likeness (QED) is 0.425. The number of hydrogen-bond acceptors (Lipinski definition) is 4. The Balaban J connectivity index is 1.78. The second-order valence-electron chi connectivity index (χ2n) is 6.00. The summed E-state index contributed by atoms with van der Waals surface area (Å²) in [6.45, 7) is 1.31. The number of hydrogen-bond donors (Lipinski definition) is 1. The molecule has 1 N–H and O–H groups in total. The fraction of sp³-hybridized carbons (Fsp3) is 0.211. The lowest BCUT2D eigenvalue weighted by Crippen LogP contribution is -2.44. The Morgan fingerprint density at radius 3 is 2.56 bits per heavy atom. The van der Waals surface area contributed by atoms with Gasteiger partial charge in [0, 0.05) is 5.02 Å². The molecule has 0 aromatic heterocycles. The fourth-order valence-electron chi connectivity index (χ4n) is 2.97. The molecule has 2 aromatic carbocycles. The molecule has 1 aliphatic rings. The van der Waals surface area contributed by atoms with Crippen molar-refractivity contribution in [2.45, 2.75) is 18.9 Å². The molecule has 0 radical (unpaired) electrons. The van der Waals surface area contributed by atoms with Crippen molar-refractivity contribution in [1.82, 2.24) is 10.2 Å². The Morgan fingerprint density at radius 1 is 1.22 bits per heavy atom. The van der Waals surface area contributed by atoms with Gasteiger partial charge >= 0.3 is 12.0 Å². The van der Waals surface area contributed by atoms with E-state index in [4.69, 9.17) is 16.3 Å². The van der Waals surface area contributed by atoms with Crippen molar-refractivity contribution in [2.75, 3.05) is 6.54 Å². The standard InChI is InChI=1S/C19H16BrClN2O4/c1-2-19(12-6-4-3-5-7-12)17(25)23(18(26)22-19)11-16(24)27-15-9-8-13(21)10-14(15)20/h3-10H,2,11H2,1H3,(H,22,26). The van der Waals surface area contributed by atoms with E-state index in [9.17, 15) is 14.4 Å². The van der Waals surface area contributed by atoms with Crippen molar-refractivity contribution < 1.29 is 19.1 Å². The average Bonchev–Trinajstić information content (AvgIpc) is 2.90. The lowest BCUT2D eigenvalue weighted by atomic mass is 9.87. The third kappa shape index (κ3) is 3.70. The van der Waals surface area contributed by atoms with Gasteiger partial charge in [0.15, 0.2) is 0 Å². The normalized spacial score (nSPS) is 19.1. The molecular formula is C19H16BrClN2O4. The summed E-state index contributed by atoms with van der Waals surface area (Å²) in [6, 6.07) is 13.0. The number of halogens is 2. The molecule has 140 valence electrons. The lowest BCUT2D eigenvalue weighted by Gasteiger charge is -2.25. The third-order valence-electron chi connectivity index (χ3n) is 4.38. The molecule has 3 rings (SSSR count). The van der Waals surface area contributed by atoms with Crippen LogP contribution < -0.4 is 10.1 Å². The minimum absolute atomic E-state index is 0.251. The highest BCUT2D eigenvalue weighted by atomic mass is 79.9. The third-order valence-corrected chi connectivity index (χ3v) is 5.23. The van der Waals surface area contributed by atoms with Crippen molar-refractivity contribution >= 4 is 45.4 Å². The SMILES string of the molecule is CCC1(c2ccccc2)NC(=O)N(CC(=O)Oc2ccc(Cl)cc2Br)C1=O. The minimum Gasteiger partial charge on any atom is -0.424 e. The van der Waals surface area contributed by atoms with E-state index in [1.807, 2.05) is 6.07 Å². The van der Waals surface area contributed by atoms with Gasteiger partial charge in [0.1, 0.15) is 17.8 Å². The summed E-state index contributed by atoms with van der Waals surface area (Å²) in [6.07, 6.45) is 0.357. The number of rotatable bonds is 5. The smallest absolute Gasteiger partial charge is 0.331 e. The van der Waals surface area contributed by atoms with Crippen LogP contribution in [0.5, 0.6) is 5.75 Å². The van der Waals surface area contributed by atoms with E-state index in [0.717, 1.165) is 4.90 Å². The van der Waals surface area contributed by atoms with Crippen molar-refractivity contribution in [3.63, 3.8) is 0 Å². The predicted molar refractivity (Wildman–Crippen MR) is 103 cm³/mol. The summed E-state index contributed by atoms with van der Waals surface area (Å²) >= 11 is 9.11. The van der Waals surface area contributed by atoms with Gasteiger partial charge in [-0.2, -0.15) is 0 Å². The van der Waals surface area contributed by atoms with E-state index in [1.165, 1.54) is 6.07 Å². The summed E-state index contributed by atoms with van der Waals surface area (Å²) in [5.41, 5.74) is -0.512. The predicted octanol–water partition coefficient (Wildman–Crippen LogP) is 3.87. The first kappa shape index (κ1) is 19.4. The second-order valence-corrected chi connectivity index (χ2v) is 7.29. The molecule has 1 fully saturated rings. The average molecular weight is 452 g/mol. The Kier molecular flexibility index (Phi) is 5.53. The van der Waals surface area contributed by atoms with E-state index < -0.39 is 30.0 Å². The number of carbonyl (C=O) groups is 3. The minimum atomic E-state index is -1.18. The summed E-state index contributed by atoms with van der Waals surface area (Å²) in [5, 5.41) is 3.20. The molecule has 0 bridgehead atoms. The monoisotopic (exact) mass is 450 g/mol. The zero-order valence-electron chi connectivity index (χ0n) is 14.4. The maximum Gasteiger partial charge on any atom is 0.331 e. The molecule has 1 aliphatic heterocycles. The van der Waals surface area contributed by atoms with Gasteiger partial charge < -0.3 is 10.1 Å². The molecule has 1 atom stereocenters. The van der Waals surface area contributed by atoms with Crippen LogP contribution in [0, 0.1) is 0 Å². The van der Waals surface area contributed by atoms with Crippen LogP contribution in [0.1, 0.15) is 18.9 Å². The topological polar surface area (TPSA) is 75.7 Å². The van der Waals surface area contributed by atoms with Gasteiger partial charge in [-0.15, -0.1) is 0 Å². The van der Waals surface area contributed by atoms with Crippen LogP contribution in [0.3, 0.4) is 0 Å². The van der Waals surface area contributed by atoms with Crippen LogP contribution in [0.25, 0.3) is 0 Å². The summed E-state index contributed by atoms with van der Waals surface area (Å²) in [4.78, 5) is 38.5. The molecule has 3 amide bonds. The molecule has 0 saturated carbocycles. The Morgan fingerprint density at radius 2 is 1.93 bits per heavy atom. The number of carbonyl (C=O) groups excluding carboxylic acids is 3.